The summed E-state index contributed by atoms with van der Waals surface area (Å²) < 4.78 is 11.9. The second kappa shape index (κ2) is 6.35. The molecule has 1 aliphatic rings. The fourth-order valence-corrected chi connectivity index (χ4v) is 3.69. The summed E-state index contributed by atoms with van der Waals surface area (Å²) in [6, 6.07) is 3.83. The summed E-state index contributed by atoms with van der Waals surface area (Å²) in [5, 5.41) is 5.49. The van der Waals surface area contributed by atoms with Gasteiger partial charge in [-0.25, -0.2) is 14.5 Å². The summed E-state index contributed by atoms with van der Waals surface area (Å²) in [5.74, 6) is 2.07. The number of aromatic nitrogens is 5. The molecule has 4 rings (SSSR count). The highest BCUT2D eigenvalue weighted by molar-refractivity contribution is 7.09. The van der Waals surface area contributed by atoms with Crippen LogP contribution in [-0.2, 0) is 0 Å². The number of aryl methyl sites for hydroxylation is 2. The highest BCUT2D eigenvalue weighted by Crippen LogP contribution is 2.25. The molecule has 3 aromatic rings. The predicted molar refractivity (Wildman–Crippen MR) is 92.8 cm³/mol. The number of nitrogens with zero attached hydrogens (tertiary/aromatic N) is 6. The van der Waals surface area contributed by atoms with Gasteiger partial charge < -0.3 is 9.64 Å². The largest absolute Gasteiger partial charge is 0.476 e. The molecule has 1 aliphatic heterocycles. The Labute approximate surface area is 144 Å². The molecule has 0 radical (unpaired) electrons. The van der Waals surface area contributed by atoms with Gasteiger partial charge in [-0.15, -0.1) is 5.10 Å². The number of piperidine rings is 1. The number of imidazole rings is 1. The molecule has 0 N–H and O–H groups in total. The van der Waals surface area contributed by atoms with Crippen molar-refractivity contribution < 1.29 is 4.74 Å². The lowest BCUT2D eigenvalue weighted by Gasteiger charge is -2.31. The van der Waals surface area contributed by atoms with Crippen LogP contribution in [-0.4, -0.2) is 43.7 Å². The number of hydrogen-bond acceptors (Lipinski definition) is 7. The third kappa shape index (κ3) is 3.19. The van der Waals surface area contributed by atoms with E-state index in [0.29, 0.717) is 18.4 Å². The van der Waals surface area contributed by atoms with Gasteiger partial charge in [-0.3, -0.25) is 0 Å². The number of fused-ring (bicyclic) bond motifs is 1. The molecule has 0 saturated carbocycles. The average Bonchev–Trinajstić information content (AvgIpc) is 3.17. The molecular formula is C16H20N6OS. The van der Waals surface area contributed by atoms with Crippen molar-refractivity contribution in [3.05, 3.63) is 29.8 Å². The third-order valence-corrected chi connectivity index (χ3v) is 5.15. The summed E-state index contributed by atoms with van der Waals surface area (Å²) in [4.78, 5) is 11.2. The molecule has 126 valence electrons. The molecule has 7 nitrogen and oxygen atoms in total. The number of hydrogen-bond donors (Lipinski definition) is 0. The molecule has 1 fully saturated rings. The van der Waals surface area contributed by atoms with E-state index >= 15 is 0 Å². The normalized spacial score (nSPS) is 16.0. The van der Waals surface area contributed by atoms with E-state index in [4.69, 9.17) is 4.74 Å². The van der Waals surface area contributed by atoms with Gasteiger partial charge in [0.25, 0.3) is 0 Å². The van der Waals surface area contributed by atoms with E-state index in [0.717, 1.165) is 48.2 Å². The summed E-state index contributed by atoms with van der Waals surface area (Å²) in [6.45, 7) is 6.62. The molecule has 3 aromatic heterocycles. The summed E-state index contributed by atoms with van der Waals surface area (Å²) in [5.41, 5.74) is 1.81. The van der Waals surface area contributed by atoms with E-state index in [2.05, 4.69) is 24.3 Å². The van der Waals surface area contributed by atoms with Crippen molar-refractivity contribution in [1.82, 2.24) is 24.0 Å². The Morgan fingerprint density at radius 3 is 2.79 bits per heavy atom. The van der Waals surface area contributed by atoms with Gasteiger partial charge in [0, 0.05) is 30.7 Å². The van der Waals surface area contributed by atoms with Crippen LogP contribution in [0.25, 0.3) is 5.65 Å². The van der Waals surface area contributed by atoms with E-state index in [1.807, 2.05) is 32.2 Å². The van der Waals surface area contributed by atoms with Crippen molar-refractivity contribution in [2.45, 2.75) is 26.7 Å². The molecule has 0 aromatic carbocycles. The fourth-order valence-electron chi connectivity index (χ4n) is 2.97. The van der Waals surface area contributed by atoms with Gasteiger partial charge >= 0.3 is 0 Å². The van der Waals surface area contributed by atoms with Crippen LogP contribution < -0.4 is 9.64 Å². The SMILES string of the molecule is Cc1cn2nc(OCC3CCN(c4nc(C)ns4)CC3)ccc2n1. The highest BCUT2D eigenvalue weighted by Gasteiger charge is 2.22. The molecule has 4 heterocycles. The van der Waals surface area contributed by atoms with Gasteiger partial charge in [-0.05, 0) is 38.7 Å². The molecule has 0 spiro atoms. The Balaban J connectivity index is 1.31. The summed E-state index contributed by atoms with van der Waals surface area (Å²) in [6.07, 6.45) is 4.11. The van der Waals surface area contributed by atoms with Crippen molar-refractivity contribution in [2.24, 2.45) is 5.92 Å². The van der Waals surface area contributed by atoms with Gasteiger partial charge in [-0.2, -0.15) is 4.37 Å². The van der Waals surface area contributed by atoms with E-state index in [1.165, 1.54) is 11.5 Å². The molecule has 0 unspecified atom stereocenters. The molecule has 0 atom stereocenters. The quantitative estimate of drug-likeness (QED) is 0.724. The topological polar surface area (TPSA) is 68.4 Å². The Bertz CT molecular complexity index is 836. The first kappa shape index (κ1) is 15.3. The van der Waals surface area contributed by atoms with Gasteiger partial charge in [0.15, 0.2) is 5.65 Å². The first-order chi connectivity index (χ1) is 11.7. The van der Waals surface area contributed by atoms with Crippen molar-refractivity contribution in [1.29, 1.82) is 0 Å². The molecular weight excluding hydrogens is 324 g/mol. The maximum absolute atomic E-state index is 5.90. The molecule has 0 amide bonds. The van der Waals surface area contributed by atoms with Crippen molar-refractivity contribution >= 4 is 22.3 Å². The van der Waals surface area contributed by atoms with Gasteiger partial charge in [0.1, 0.15) is 5.82 Å². The van der Waals surface area contributed by atoms with E-state index < -0.39 is 0 Å². The standard InChI is InChI=1S/C16H20N6OS/c1-11-9-22-14(17-11)3-4-15(19-22)23-10-13-5-7-21(8-6-13)16-18-12(2)20-24-16/h3-4,9,13H,5-8,10H2,1-2H3. The van der Waals surface area contributed by atoms with Crippen molar-refractivity contribution in [2.75, 3.05) is 24.6 Å². The van der Waals surface area contributed by atoms with Crippen LogP contribution in [0, 0.1) is 19.8 Å². The van der Waals surface area contributed by atoms with Crippen molar-refractivity contribution in [3.8, 4) is 5.88 Å². The van der Waals surface area contributed by atoms with Crippen LogP contribution in [0.5, 0.6) is 5.88 Å². The second-order valence-corrected chi connectivity index (χ2v) is 6.95. The maximum atomic E-state index is 5.90. The van der Waals surface area contributed by atoms with Gasteiger partial charge in [-0.1, -0.05) is 0 Å². The van der Waals surface area contributed by atoms with Gasteiger partial charge in [0.05, 0.1) is 18.5 Å². The lowest BCUT2D eigenvalue weighted by molar-refractivity contribution is 0.214. The first-order valence-corrected chi connectivity index (χ1v) is 8.96. The molecule has 8 heteroatoms. The number of anilines is 1. The Morgan fingerprint density at radius 2 is 2.04 bits per heavy atom. The van der Waals surface area contributed by atoms with E-state index in [-0.39, 0.29) is 0 Å². The third-order valence-electron chi connectivity index (χ3n) is 4.28. The minimum Gasteiger partial charge on any atom is -0.476 e. The zero-order valence-corrected chi connectivity index (χ0v) is 14.7. The Morgan fingerprint density at radius 1 is 1.21 bits per heavy atom. The fraction of sp³-hybridized carbons (Fsp3) is 0.500. The molecule has 1 saturated heterocycles. The highest BCUT2D eigenvalue weighted by atomic mass is 32.1. The minimum absolute atomic E-state index is 0.553. The Kier molecular flexibility index (Phi) is 4.05. The molecule has 0 aliphatic carbocycles. The molecule has 24 heavy (non-hydrogen) atoms. The summed E-state index contributed by atoms with van der Waals surface area (Å²) >= 11 is 1.49. The van der Waals surface area contributed by atoms with Gasteiger partial charge in [0.2, 0.25) is 11.0 Å². The zero-order valence-electron chi connectivity index (χ0n) is 13.8. The average molecular weight is 344 g/mol. The zero-order chi connectivity index (χ0) is 16.5. The lowest BCUT2D eigenvalue weighted by atomic mass is 9.98. The molecule has 0 bridgehead atoms. The van der Waals surface area contributed by atoms with Crippen LogP contribution in [0.2, 0.25) is 0 Å². The Hall–Kier alpha value is -2.22. The van der Waals surface area contributed by atoms with E-state index in [1.54, 1.807) is 4.52 Å². The maximum Gasteiger partial charge on any atom is 0.231 e. The van der Waals surface area contributed by atoms with Crippen LogP contribution in [0.3, 0.4) is 0 Å². The van der Waals surface area contributed by atoms with Crippen LogP contribution in [0.4, 0.5) is 5.13 Å². The van der Waals surface area contributed by atoms with E-state index in [9.17, 15) is 0 Å². The monoisotopic (exact) mass is 344 g/mol. The first-order valence-electron chi connectivity index (χ1n) is 8.18. The van der Waals surface area contributed by atoms with Crippen LogP contribution >= 0.6 is 11.5 Å². The minimum atomic E-state index is 0.553. The predicted octanol–water partition coefficient (Wildman–Crippen LogP) is 2.49. The lowest BCUT2D eigenvalue weighted by Crippen LogP contribution is -2.35. The van der Waals surface area contributed by atoms with Crippen molar-refractivity contribution in [3.63, 3.8) is 0 Å². The smallest absolute Gasteiger partial charge is 0.231 e. The number of rotatable bonds is 4. The van der Waals surface area contributed by atoms with Crippen LogP contribution in [0.15, 0.2) is 18.3 Å². The number of ether oxygens (including phenoxy) is 1. The second-order valence-electron chi connectivity index (χ2n) is 6.22. The summed E-state index contributed by atoms with van der Waals surface area (Å²) in [7, 11) is 0. The van der Waals surface area contributed by atoms with Crippen LogP contribution in [0.1, 0.15) is 24.4 Å².